The lowest BCUT2D eigenvalue weighted by Crippen LogP contribution is -2.24. The van der Waals surface area contributed by atoms with Crippen molar-refractivity contribution in [3.05, 3.63) is 29.8 Å². The summed E-state index contributed by atoms with van der Waals surface area (Å²) in [6.45, 7) is 4.10. The Kier molecular flexibility index (Phi) is 6.06. The van der Waals surface area contributed by atoms with Crippen LogP contribution in [0, 0.1) is 5.92 Å². The van der Waals surface area contributed by atoms with Crippen molar-refractivity contribution in [2.75, 3.05) is 11.9 Å². The second-order valence-corrected chi connectivity index (χ2v) is 5.70. The highest BCUT2D eigenvalue weighted by Crippen LogP contribution is 2.25. The molecule has 0 unspecified atom stereocenters. The van der Waals surface area contributed by atoms with Gasteiger partial charge in [0, 0.05) is 18.2 Å². The minimum atomic E-state index is 0.196. The molecule has 20 heavy (non-hydrogen) atoms. The normalized spacial score (nSPS) is 16.1. The number of benzene rings is 1. The van der Waals surface area contributed by atoms with Crippen molar-refractivity contribution in [1.29, 1.82) is 0 Å². The molecule has 3 heteroatoms. The number of nitrogens with one attached hydrogen (secondary N) is 2. The third-order valence-corrected chi connectivity index (χ3v) is 3.95. The number of carbonyl (C=O) groups excluding carboxylic acids is 1. The highest BCUT2D eigenvalue weighted by molar-refractivity contribution is 5.92. The summed E-state index contributed by atoms with van der Waals surface area (Å²) in [4.78, 5) is 12.1. The molecule has 1 amide bonds. The molecule has 110 valence electrons. The highest BCUT2D eigenvalue weighted by Gasteiger charge is 2.20. The van der Waals surface area contributed by atoms with Gasteiger partial charge in [-0.1, -0.05) is 38.3 Å². The van der Waals surface area contributed by atoms with E-state index in [0.29, 0.717) is 0 Å². The average Bonchev–Trinajstić information content (AvgIpc) is 2.50. The van der Waals surface area contributed by atoms with Gasteiger partial charge in [0.1, 0.15) is 0 Å². The topological polar surface area (TPSA) is 41.1 Å². The van der Waals surface area contributed by atoms with Crippen LogP contribution in [-0.4, -0.2) is 12.5 Å². The van der Waals surface area contributed by atoms with E-state index < -0.39 is 0 Å². The van der Waals surface area contributed by atoms with Gasteiger partial charge in [0.05, 0.1) is 0 Å². The molecular formula is C17H26N2O. The lowest BCUT2D eigenvalue weighted by atomic mass is 9.88. The summed E-state index contributed by atoms with van der Waals surface area (Å²) in [7, 11) is 0. The SMILES string of the molecule is CCCNCc1ccc(NC(=O)C2CCCCC2)cc1. The zero-order valence-corrected chi connectivity index (χ0v) is 12.5. The zero-order chi connectivity index (χ0) is 14.2. The van der Waals surface area contributed by atoms with Crippen LogP contribution in [0.5, 0.6) is 0 Å². The number of rotatable bonds is 6. The van der Waals surface area contributed by atoms with Crippen molar-refractivity contribution in [1.82, 2.24) is 5.32 Å². The van der Waals surface area contributed by atoms with E-state index in [1.54, 1.807) is 0 Å². The van der Waals surface area contributed by atoms with Crippen molar-refractivity contribution in [2.45, 2.75) is 52.0 Å². The minimum absolute atomic E-state index is 0.196. The molecule has 0 atom stereocenters. The molecule has 1 fully saturated rings. The van der Waals surface area contributed by atoms with Crippen LogP contribution in [0.15, 0.2) is 24.3 Å². The molecule has 0 radical (unpaired) electrons. The molecule has 1 aromatic rings. The van der Waals surface area contributed by atoms with Gasteiger partial charge in [0.25, 0.3) is 0 Å². The Morgan fingerprint density at radius 2 is 1.85 bits per heavy atom. The molecule has 0 spiro atoms. The molecule has 2 rings (SSSR count). The number of hydrogen-bond donors (Lipinski definition) is 2. The van der Waals surface area contributed by atoms with Crippen LogP contribution < -0.4 is 10.6 Å². The fourth-order valence-electron chi connectivity index (χ4n) is 2.72. The first-order chi connectivity index (χ1) is 9.79. The summed E-state index contributed by atoms with van der Waals surface area (Å²) in [5.41, 5.74) is 2.17. The van der Waals surface area contributed by atoms with Gasteiger partial charge in [-0.05, 0) is 43.5 Å². The Balaban J connectivity index is 1.81. The van der Waals surface area contributed by atoms with E-state index in [-0.39, 0.29) is 11.8 Å². The van der Waals surface area contributed by atoms with Crippen molar-refractivity contribution < 1.29 is 4.79 Å². The molecule has 2 N–H and O–H groups in total. The van der Waals surface area contributed by atoms with Gasteiger partial charge < -0.3 is 10.6 Å². The summed E-state index contributed by atoms with van der Waals surface area (Å²) in [6, 6.07) is 8.17. The standard InChI is InChI=1S/C17H26N2O/c1-2-12-18-13-14-8-10-16(11-9-14)19-17(20)15-6-4-3-5-7-15/h8-11,15,18H,2-7,12-13H2,1H3,(H,19,20). The van der Waals surface area contributed by atoms with Gasteiger partial charge in [-0.2, -0.15) is 0 Å². The van der Waals surface area contributed by atoms with Gasteiger partial charge in [0.2, 0.25) is 5.91 Å². The van der Waals surface area contributed by atoms with Crippen LogP contribution in [0.2, 0.25) is 0 Å². The Morgan fingerprint density at radius 3 is 2.50 bits per heavy atom. The van der Waals surface area contributed by atoms with Crippen LogP contribution in [-0.2, 0) is 11.3 Å². The van der Waals surface area contributed by atoms with E-state index in [2.05, 4.69) is 29.7 Å². The maximum Gasteiger partial charge on any atom is 0.227 e. The summed E-state index contributed by atoms with van der Waals surface area (Å²) in [5, 5.41) is 6.42. The largest absolute Gasteiger partial charge is 0.326 e. The Labute approximate surface area is 122 Å². The third-order valence-electron chi connectivity index (χ3n) is 3.95. The van der Waals surface area contributed by atoms with Gasteiger partial charge in [-0.3, -0.25) is 4.79 Å². The second kappa shape index (κ2) is 8.05. The Bertz CT molecular complexity index is 408. The molecule has 1 saturated carbocycles. The molecule has 0 aromatic heterocycles. The molecule has 0 aliphatic heterocycles. The first kappa shape index (κ1) is 15.0. The molecule has 0 heterocycles. The monoisotopic (exact) mass is 274 g/mol. The quantitative estimate of drug-likeness (QED) is 0.777. The van der Waals surface area contributed by atoms with Crippen molar-refractivity contribution in [3.63, 3.8) is 0 Å². The molecule has 0 bridgehead atoms. The molecule has 1 aliphatic rings. The summed E-state index contributed by atoms with van der Waals surface area (Å²) >= 11 is 0. The second-order valence-electron chi connectivity index (χ2n) is 5.70. The van der Waals surface area contributed by atoms with Gasteiger partial charge in [0.15, 0.2) is 0 Å². The lowest BCUT2D eigenvalue weighted by molar-refractivity contribution is -0.120. The van der Waals surface area contributed by atoms with Gasteiger partial charge in [-0.25, -0.2) is 0 Å². The predicted octanol–water partition coefficient (Wildman–Crippen LogP) is 3.71. The Morgan fingerprint density at radius 1 is 1.15 bits per heavy atom. The van der Waals surface area contributed by atoms with Crippen LogP contribution in [0.25, 0.3) is 0 Å². The van der Waals surface area contributed by atoms with E-state index >= 15 is 0 Å². The van der Waals surface area contributed by atoms with E-state index in [9.17, 15) is 4.79 Å². The van der Waals surface area contributed by atoms with Crippen LogP contribution in [0.1, 0.15) is 51.0 Å². The van der Waals surface area contributed by atoms with E-state index in [0.717, 1.165) is 38.0 Å². The van der Waals surface area contributed by atoms with Gasteiger partial charge in [-0.15, -0.1) is 0 Å². The summed E-state index contributed by atoms with van der Waals surface area (Å²) in [6.07, 6.45) is 6.91. The lowest BCUT2D eigenvalue weighted by Gasteiger charge is -2.20. The number of hydrogen-bond acceptors (Lipinski definition) is 2. The van der Waals surface area contributed by atoms with Gasteiger partial charge >= 0.3 is 0 Å². The van der Waals surface area contributed by atoms with Crippen LogP contribution in [0.4, 0.5) is 5.69 Å². The third kappa shape index (κ3) is 4.64. The van der Waals surface area contributed by atoms with Crippen molar-refractivity contribution in [2.24, 2.45) is 5.92 Å². The van der Waals surface area contributed by atoms with E-state index in [4.69, 9.17) is 0 Å². The average molecular weight is 274 g/mol. The molecule has 1 aliphatic carbocycles. The van der Waals surface area contributed by atoms with Crippen LogP contribution in [0.3, 0.4) is 0 Å². The molecule has 3 nitrogen and oxygen atoms in total. The maximum atomic E-state index is 12.1. The van der Waals surface area contributed by atoms with Crippen molar-refractivity contribution >= 4 is 11.6 Å². The number of carbonyl (C=O) groups is 1. The smallest absolute Gasteiger partial charge is 0.227 e. The first-order valence-electron chi connectivity index (χ1n) is 7.90. The molecule has 1 aromatic carbocycles. The fourth-order valence-corrected chi connectivity index (χ4v) is 2.72. The fraction of sp³-hybridized carbons (Fsp3) is 0.588. The molecular weight excluding hydrogens is 248 g/mol. The highest BCUT2D eigenvalue weighted by atomic mass is 16.1. The zero-order valence-electron chi connectivity index (χ0n) is 12.5. The number of amides is 1. The summed E-state index contributed by atoms with van der Waals surface area (Å²) < 4.78 is 0. The predicted molar refractivity (Wildman–Crippen MR) is 83.6 cm³/mol. The number of anilines is 1. The first-order valence-corrected chi connectivity index (χ1v) is 7.90. The summed E-state index contributed by atoms with van der Waals surface area (Å²) in [5.74, 6) is 0.413. The Hall–Kier alpha value is -1.35. The van der Waals surface area contributed by atoms with Crippen LogP contribution >= 0.6 is 0 Å². The minimum Gasteiger partial charge on any atom is -0.326 e. The maximum absolute atomic E-state index is 12.1. The van der Waals surface area contributed by atoms with Crippen molar-refractivity contribution in [3.8, 4) is 0 Å². The molecule has 0 saturated heterocycles. The van der Waals surface area contributed by atoms with E-state index in [1.807, 2.05) is 12.1 Å². The van der Waals surface area contributed by atoms with E-state index in [1.165, 1.54) is 24.8 Å².